The highest BCUT2D eigenvalue weighted by molar-refractivity contribution is 5.97. The van der Waals surface area contributed by atoms with Gasteiger partial charge in [-0.05, 0) is 18.2 Å². The molecule has 6 heteroatoms. The third-order valence-electron chi connectivity index (χ3n) is 2.61. The summed E-state index contributed by atoms with van der Waals surface area (Å²) in [4.78, 5) is 29.2. The van der Waals surface area contributed by atoms with Crippen molar-refractivity contribution < 1.29 is 9.90 Å². The van der Waals surface area contributed by atoms with Gasteiger partial charge in [0, 0.05) is 17.8 Å². The van der Waals surface area contributed by atoms with E-state index in [1.54, 1.807) is 12.3 Å². The molecule has 0 radical (unpaired) electrons. The Bertz CT molecular complexity index is 800. The van der Waals surface area contributed by atoms with Gasteiger partial charge in [0.05, 0.1) is 11.1 Å². The Labute approximate surface area is 94.2 Å². The number of nitrogens with one attached hydrogen (secondary N) is 1. The first-order valence-corrected chi connectivity index (χ1v) is 4.89. The third-order valence-corrected chi connectivity index (χ3v) is 2.61. The van der Waals surface area contributed by atoms with Crippen LogP contribution in [0.25, 0.3) is 16.6 Å². The zero-order valence-electron chi connectivity index (χ0n) is 8.54. The van der Waals surface area contributed by atoms with Crippen LogP contribution >= 0.6 is 0 Å². The lowest BCUT2D eigenvalue weighted by molar-refractivity contribution is 0.0697. The van der Waals surface area contributed by atoms with Crippen LogP contribution in [-0.2, 0) is 0 Å². The molecule has 0 unspecified atom stereocenters. The van der Waals surface area contributed by atoms with E-state index in [1.807, 2.05) is 0 Å². The van der Waals surface area contributed by atoms with Gasteiger partial charge in [-0.25, -0.2) is 14.6 Å². The molecule has 84 valence electrons. The number of imidazole rings is 1. The minimum absolute atomic E-state index is 0.129. The monoisotopic (exact) mass is 229 g/mol. The number of carboxylic acid groups (broad SMARTS) is 1. The minimum Gasteiger partial charge on any atom is -0.478 e. The molecule has 0 saturated heterocycles. The lowest BCUT2D eigenvalue weighted by Crippen LogP contribution is -2.15. The summed E-state index contributed by atoms with van der Waals surface area (Å²) in [6.45, 7) is 0. The van der Waals surface area contributed by atoms with Crippen molar-refractivity contribution in [2.75, 3.05) is 0 Å². The topological polar surface area (TPSA) is 87.5 Å². The largest absolute Gasteiger partial charge is 0.478 e. The van der Waals surface area contributed by atoms with E-state index in [1.165, 1.54) is 22.7 Å². The van der Waals surface area contributed by atoms with Crippen LogP contribution < -0.4 is 5.69 Å². The van der Waals surface area contributed by atoms with Crippen LogP contribution in [0, 0.1) is 0 Å². The molecule has 3 rings (SSSR count). The van der Waals surface area contributed by atoms with Gasteiger partial charge in [-0.15, -0.1) is 0 Å². The van der Waals surface area contributed by atoms with Crippen molar-refractivity contribution in [2.24, 2.45) is 0 Å². The Morgan fingerprint density at radius 2 is 2.24 bits per heavy atom. The molecule has 0 aliphatic heterocycles. The molecule has 3 aromatic rings. The van der Waals surface area contributed by atoms with Gasteiger partial charge in [0.1, 0.15) is 5.65 Å². The highest BCUT2D eigenvalue weighted by Gasteiger charge is 2.08. The maximum Gasteiger partial charge on any atom is 0.335 e. The number of aromatic nitrogens is 3. The van der Waals surface area contributed by atoms with Crippen molar-refractivity contribution in [2.45, 2.75) is 0 Å². The summed E-state index contributed by atoms with van der Waals surface area (Å²) in [5.74, 6) is -1.03. The van der Waals surface area contributed by atoms with E-state index in [0.29, 0.717) is 16.6 Å². The molecule has 2 N–H and O–H groups in total. The zero-order valence-corrected chi connectivity index (χ0v) is 8.54. The van der Waals surface area contributed by atoms with E-state index in [-0.39, 0.29) is 11.3 Å². The maximum atomic E-state index is 11.7. The second-order valence-corrected chi connectivity index (χ2v) is 3.62. The van der Waals surface area contributed by atoms with Crippen molar-refractivity contribution >= 4 is 22.5 Å². The Balaban J connectivity index is 2.50. The van der Waals surface area contributed by atoms with E-state index in [4.69, 9.17) is 5.11 Å². The van der Waals surface area contributed by atoms with E-state index in [9.17, 15) is 9.59 Å². The Morgan fingerprint density at radius 3 is 3.00 bits per heavy atom. The molecule has 0 fully saturated rings. The van der Waals surface area contributed by atoms with Gasteiger partial charge < -0.3 is 10.1 Å². The first-order chi connectivity index (χ1) is 8.16. The molecule has 6 nitrogen and oxygen atoms in total. The van der Waals surface area contributed by atoms with E-state index in [0.717, 1.165) is 0 Å². The summed E-state index contributed by atoms with van der Waals surface area (Å²) >= 11 is 0. The molecule has 0 amide bonds. The first-order valence-electron chi connectivity index (χ1n) is 4.89. The SMILES string of the molecule is O=C(O)c1ccc2c(c1)[nH]c(=O)n1ccnc21. The predicted octanol–water partition coefficient (Wildman–Crippen LogP) is 0.874. The van der Waals surface area contributed by atoms with Gasteiger partial charge in [-0.2, -0.15) is 0 Å². The van der Waals surface area contributed by atoms with E-state index in [2.05, 4.69) is 9.97 Å². The van der Waals surface area contributed by atoms with Gasteiger partial charge in [0.25, 0.3) is 0 Å². The third kappa shape index (κ3) is 1.31. The summed E-state index contributed by atoms with van der Waals surface area (Å²) in [6, 6.07) is 4.54. The molecule has 2 aromatic heterocycles. The van der Waals surface area contributed by atoms with Crippen LogP contribution in [0.3, 0.4) is 0 Å². The van der Waals surface area contributed by atoms with Crippen molar-refractivity contribution in [3.8, 4) is 0 Å². The van der Waals surface area contributed by atoms with Crippen LogP contribution in [0.2, 0.25) is 0 Å². The molecule has 2 heterocycles. The molecule has 0 atom stereocenters. The van der Waals surface area contributed by atoms with Crippen molar-refractivity contribution in [1.29, 1.82) is 0 Å². The number of H-pyrrole nitrogens is 1. The molecule has 0 bridgehead atoms. The summed E-state index contributed by atoms with van der Waals surface area (Å²) in [5.41, 5.74) is 0.769. The summed E-state index contributed by atoms with van der Waals surface area (Å²) in [6.07, 6.45) is 3.08. The van der Waals surface area contributed by atoms with Gasteiger partial charge >= 0.3 is 11.7 Å². The van der Waals surface area contributed by atoms with Crippen molar-refractivity contribution in [3.63, 3.8) is 0 Å². The van der Waals surface area contributed by atoms with Crippen molar-refractivity contribution in [3.05, 3.63) is 46.6 Å². The maximum absolute atomic E-state index is 11.7. The Hall–Kier alpha value is -2.63. The second-order valence-electron chi connectivity index (χ2n) is 3.62. The lowest BCUT2D eigenvalue weighted by atomic mass is 10.1. The number of carboxylic acids is 1. The number of aromatic carboxylic acids is 1. The number of hydrogen-bond acceptors (Lipinski definition) is 3. The summed E-state index contributed by atoms with van der Waals surface area (Å²) in [7, 11) is 0. The number of carbonyl (C=O) groups is 1. The number of fused-ring (bicyclic) bond motifs is 3. The van der Waals surface area contributed by atoms with Gasteiger partial charge in [0.2, 0.25) is 0 Å². The van der Waals surface area contributed by atoms with Crippen LogP contribution in [0.15, 0.2) is 35.4 Å². The van der Waals surface area contributed by atoms with Crippen molar-refractivity contribution in [1.82, 2.24) is 14.4 Å². The zero-order chi connectivity index (χ0) is 12.0. The molecule has 17 heavy (non-hydrogen) atoms. The fraction of sp³-hybridized carbons (Fsp3) is 0. The fourth-order valence-corrected chi connectivity index (χ4v) is 1.82. The van der Waals surface area contributed by atoms with Gasteiger partial charge in [-0.1, -0.05) is 0 Å². The second kappa shape index (κ2) is 3.18. The quantitative estimate of drug-likeness (QED) is 0.648. The highest BCUT2D eigenvalue weighted by atomic mass is 16.4. The number of benzene rings is 1. The highest BCUT2D eigenvalue weighted by Crippen LogP contribution is 2.16. The fourth-order valence-electron chi connectivity index (χ4n) is 1.82. The van der Waals surface area contributed by atoms with Crippen LogP contribution in [-0.4, -0.2) is 25.4 Å². The minimum atomic E-state index is -1.03. The van der Waals surface area contributed by atoms with Crippen LogP contribution in [0.5, 0.6) is 0 Å². The standard InChI is InChI=1S/C11H7N3O3/c15-10(16)6-1-2-7-8(5-6)13-11(17)14-4-3-12-9(7)14/h1-5H,(H,13,17)(H,15,16). The molecular weight excluding hydrogens is 222 g/mol. The van der Waals surface area contributed by atoms with Crippen LogP contribution in [0.4, 0.5) is 0 Å². The number of aromatic amines is 1. The molecule has 0 aliphatic rings. The molecule has 1 aromatic carbocycles. The van der Waals surface area contributed by atoms with Gasteiger partial charge in [0.15, 0.2) is 0 Å². The number of rotatable bonds is 1. The average molecular weight is 229 g/mol. The number of nitrogens with zero attached hydrogens (tertiary/aromatic N) is 2. The predicted molar refractivity (Wildman–Crippen MR) is 60.3 cm³/mol. The normalized spacial score (nSPS) is 11.1. The van der Waals surface area contributed by atoms with E-state index >= 15 is 0 Å². The number of hydrogen-bond donors (Lipinski definition) is 2. The average Bonchev–Trinajstić information content (AvgIpc) is 2.78. The molecule has 0 saturated carbocycles. The molecular formula is C11H7N3O3. The first kappa shape index (κ1) is 9.59. The summed E-state index contributed by atoms with van der Waals surface area (Å²) < 4.78 is 1.38. The Kier molecular flexibility index (Phi) is 1.79. The summed E-state index contributed by atoms with van der Waals surface area (Å²) in [5, 5.41) is 9.58. The van der Waals surface area contributed by atoms with Gasteiger partial charge in [-0.3, -0.25) is 4.40 Å². The van der Waals surface area contributed by atoms with E-state index < -0.39 is 5.97 Å². The smallest absolute Gasteiger partial charge is 0.335 e. The molecule has 0 spiro atoms. The lowest BCUT2D eigenvalue weighted by Gasteiger charge is -2.01. The van der Waals surface area contributed by atoms with Crippen LogP contribution in [0.1, 0.15) is 10.4 Å². The Morgan fingerprint density at radius 1 is 1.41 bits per heavy atom. The molecule has 0 aliphatic carbocycles.